The number of nitriles is 1. The highest BCUT2D eigenvalue weighted by Gasteiger charge is 2.15. The zero-order valence-corrected chi connectivity index (χ0v) is 19.4. The second kappa shape index (κ2) is 9.58. The van der Waals surface area contributed by atoms with Crippen molar-refractivity contribution in [3.63, 3.8) is 0 Å². The topological polar surface area (TPSA) is 131 Å². The van der Waals surface area contributed by atoms with Gasteiger partial charge in [0.15, 0.2) is 11.6 Å². The third-order valence-corrected chi connectivity index (χ3v) is 6.10. The van der Waals surface area contributed by atoms with Gasteiger partial charge in [0.05, 0.1) is 47.8 Å². The van der Waals surface area contributed by atoms with Crippen molar-refractivity contribution < 1.29 is 4.74 Å². The minimum Gasteiger partial charge on any atom is -0.379 e. The van der Waals surface area contributed by atoms with E-state index in [0.29, 0.717) is 23.0 Å². The fourth-order valence-corrected chi connectivity index (χ4v) is 4.29. The molecule has 2 aromatic carbocycles. The van der Waals surface area contributed by atoms with Crippen LogP contribution in [0.3, 0.4) is 0 Å². The van der Waals surface area contributed by atoms with Gasteiger partial charge in [0, 0.05) is 31.4 Å². The second-order valence-corrected chi connectivity index (χ2v) is 8.57. The summed E-state index contributed by atoms with van der Waals surface area (Å²) in [6.07, 6.45) is 3.38. The minimum absolute atomic E-state index is 0.527. The number of nitrogens with one attached hydrogen (secondary N) is 3. The summed E-state index contributed by atoms with van der Waals surface area (Å²) in [6, 6.07) is 17.5. The van der Waals surface area contributed by atoms with Crippen molar-refractivity contribution >= 4 is 22.5 Å². The number of hydrogen-bond donors (Lipinski definition) is 3. The Morgan fingerprint density at radius 3 is 2.89 bits per heavy atom. The van der Waals surface area contributed by atoms with Crippen molar-refractivity contribution in [1.29, 1.82) is 5.26 Å². The number of hydrogen-bond acceptors (Lipinski definition) is 8. The predicted molar refractivity (Wildman–Crippen MR) is 135 cm³/mol. The van der Waals surface area contributed by atoms with Crippen LogP contribution in [0.2, 0.25) is 0 Å². The van der Waals surface area contributed by atoms with Crippen LogP contribution in [0.5, 0.6) is 0 Å². The van der Waals surface area contributed by atoms with Crippen molar-refractivity contribution in [3.8, 4) is 29.0 Å². The van der Waals surface area contributed by atoms with Gasteiger partial charge in [0.1, 0.15) is 11.5 Å². The molecule has 3 aromatic heterocycles. The maximum Gasteiger partial charge on any atom is 0.161 e. The van der Waals surface area contributed by atoms with Gasteiger partial charge in [0.2, 0.25) is 0 Å². The highest BCUT2D eigenvalue weighted by molar-refractivity contribution is 5.83. The molecule has 4 heterocycles. The molecule has 5 aromatic rings. The smallest absolute Gasteiger partial charge is 0.161 e. The Bertz CT molecular complexity index is 1560. The number of benzene rings is 2. The molecular formula is C26H23N9O. The molecule has 10 nitrogen and oxygen atoms in total. The number of morpholine rings is 1. The molecule has 1 aliphatic rings. The van der Waals surface area contributed by atoms with Gasteiger partial charge in [-0.1, -0.05) is 18.2 Å². The van der Waals surface area contributed by atoms with Crippen molar-refractivity contribution in [3.05, 3.63) is 72.1 Å². The number of anilines is 2. The number of H-pyrrole nitrogens is 2. The molecule has 0 saturated carbocycles. The zero-order chi connectivity index (χ0) is 24.3. The van der Waals surface area contributed by atoms with Gasteiger partial charge in [-0.3, -0.25) is 10.00 Å². The quantitative estimate of drug-likeness (QED) is 0.336. The van der Waals surface area contributed by atoms with E-state index in [1.165, 1.54) is 5.56 Å². The summed E-state index contributed by atoms with van der Waals surface area (Å²) in [5, 5.41) is 19.8. The molecule has 0 unspecified atom stereocenters. The number of imidazole rings is 1. The van der Waals surface area contributed by atoms with Gasteiger partial charge in [-0.05, 0) is 35.9 Å². The first kappa shape index (κ1) is 21.9. The van der Waals surface area contributed by atoms with E-state index in [-0.39, 0.29) is 0 Å². The average molecular weight is 478 g/mol. The van der Waals surface area contributed by atoms with Crippen molar-refractivity contribution in [1.82, 2.24) is 35.0 Å². The molecule has 6 rings (SSSR count). The van der Waals surface area contributed by atoms with Gasteiger partial charge >= 0.3 is 0 Å². The first-order valence-corrected chi connectivity index (χ1v) is 11.7. The predicted octanol–water partition coefficient (Wildman–Crippen LogP) is 3.86. The van der Waals surface area contributed by atoms with E-state index in [1.807, 2.05) is 18.2 Å². The standard InChI is InChI=1S/C26H23N9O/c27-14-17-2-1-3-19(12-17)25-28-7-6-23(33-25)30-22-15-29-34-24(22)26-31-20-5-4-18(13-21(20)32-26)16-35-8-10-36-11-9-35/h1-7,12-13,15H,8-11,16H2,(H,29,34)(H,31,32)(H,28,30,33). The van der Waals surface area contributed by atoms with E-state index in [1.54, 1.807) is 30.6 Å². The number of aromatic nitrogens is 6. The summed E-state index contributed by atoms with van der Waals surface area (Å²) < 4.78 is 5.45. The number of nitrogens with zero attached hydrogens (tertiary/aromatic N) is 6. The highest BCUT2D eigenvalue weighted by Crippen LogP contribution is 2.28. The lowest BCUT2D eigenvalue weighted by Crippen LogP contribution is -2.35. The second-order valence-electron chi connectivity index (χ2n) is 8.57. The largest absolute Gasteiger partial charge is 0.379 e. The van der Waals surface area contributed by atoms with Crippen LogP contribution in [0.25, 0.3) is 33.9 Å². The Hall–Kier alpha value is -4.59. The first-order chi connectivity index (χ1) is 17.7. The summed E-state index contributed by atoms with van der Waals surface area (Å²) in [6.45, 7) is 4.35. The normalized spacial score (nSPS) is 14.1. The zero-order valence-electron chi connectivity index (χ0n) is 19.4. The Kier molecular flexibility index (Phi) is 5.83. The Morgan fingerprint density at radius 1 is 1.08 bits per heavy atom. The van der Waals surface area contributed by atoms with Crippen molar-refractivity contribution in [2.45, 2.75) is 6.54 Å². The van der Waals surface area contributed by atoms with Crippen molar-refractivity contribution in [2.24, 2.45) is 0 Å². The molecule has 178 valence electrons. The van der Waals surface area contributed by atoms with E-state index in [2.05, 4.69) is 53.6 Å². The molecule has 36 heavy (non-hydrogen) atoms. The molecule has 1 fully saturated rings. The Labute approximate surface area is 207 Å². The van der Waals surface area contributed by atoms with Gasteiger partial charge < -0.3 is 15.0 Å². The number of aromatic amines is 2. The monoisotopic (exact) mass is 477 g/mol. The summed E-state index contributed by atoms with van der Waals surface area (Å²) >= 11 is 0. The third kappa shape index (κ3) is 4.53. The number of rotatable bonds is 6. The van der Waals surface area contributed by atoms with E-state index < -0.39 is 0 Å². The summed E-state index contributed by atoms with van der Waals surface area (Å²) in [5.74, 6) is 1.82. The van der Waals surface area contributed by atoms with E-state index in [4.69, 9.17) is 9.72 Å². The van der Waals surface area contributed by atoms with Gasteiger partial charge in [-0.2, -0.15) is 10.4 Å². The molecule has 0 radical (unpaired) electrons. The average Bonchev–Trinajstić information content (AvgIpc) is 3.56. The van der Waals surface area contributed by atoms with Gasteiger partial charge in [-0.25, -0.2) is 15.0 Å². The fraction of sp³-hybridized carbons (Fsp3) is 0.192. The summed E-state index contributed by atoms with van der Waals surface area (Å²) in [5.41, 5.74) is 5.89. The van der Waals surface area contributed by atoms with Crippen LogP contribution in [-0.2, 0) is 11.3 Å². The molecular weight excluding hydrogens is 454 g/mol. The van der Waals surface area contributed by atoms with Crippen LogP contribution < -0.4 is 5.32 Å². The molecule has 0 atom stereocenters. The lowest BCUT2D eigenvalue weighted by molar-refractivity contribution is 0.0342. The highest BCUT2D eigenvalue weighted by atomic mass is 16.5. The molecule has 0 spiro atoms. The molecule has 1 saturated heterocycles. The lowest BCUT2D eigenvalue weighted by atomic mass is 10.1. The fourth-order valence-electron chi connectivity index (χ4n) is 4.29. The molecule has 1 aliphatic heterocycles. The van der Waals surface area contributed by atoms with Gasteiger partial charge in [-0.15, -0.1) is 0 Å². The van der Waals surface area contributed by atoms with Crippen LogP contribution in [0, 0.1) is 11.3 Å². The van der Waals surface area contributed by atoms with Crippen LogP contribution in [0.15, 0.2) is 60.9 Å². The Balaban J connectivity index is 1.24. The van der Waals surface area contributed by atoms with Crippen LogP contribution in [0.1, 0.15) is 11.1 Å². The number of fused-ring (bicyclic) bond motifs is 1. The lowest BCUT2D eigenvalue weighted by Gasteiger charge is -2.26. The number of ether oxygens (including phenoxy) is 1. The Morgan fingerprint density at radius 2 is 2.00 bits per heavy atom. The van der Waals surface area contributed by atoms with Crippen LogP contribution in [0.4, 0.5) is 11.5 Å². The summed E-state index contributed by atoms with van der Waals surface area (Å²) in [7, 11) is 0. The van der Waals surface area contributed by atoms with E-state index in [0.717, 1.165) is 60.8 Å². The SMILES string of the molecule is N#Cc1cccc(-c2nccc(Nc3cn[nH]c3-c3nc4ccc(CN5CCOCC5)cc4[nH]3)n2)c1. The third-order valence-electron chi connectivity index (χ3n) is 6.10. The van der Waals surface area contributed by atoms with Gasteiger partial charge in [0.25, 0.3) is 0 Å². The first-order valence-electron chi connectivity index (χ1n) is 11.7. The molecule has 0 bridgehead atoms. The molecule has 3 N–H and O–H groups in total. The van der Waals surface area contributed by atoms with Crippen LogP contribution in [-0.4, -0.2) is 61.3 Å². The molecule has 10 heteroatoms. The summed E-state index contributed by atoms with van der Waals surface area (Å²) in [4.78, 5) is 19.6. The molecule has 0 aliphatic carbocycles. The van der Waals surface area contributed by atoms with Crippen LogP contribution >= 0.6 is 0 Å². The molecule has 0 amide bonds. The minimum atomic E-state index is 0.527. The van der Waals surface area contributed by atoms with E-state index in [9.17, 15) is 5.26 Å². The van der Waals surface area contributed by atoms with E-state index >= 15 is 0 Å². The maximum atomic E-state index is 9.19. The maximum absolute atomic E-state index is 9.19. The van der Waals surface area contributed by atoms with Crippen molar-refractivity contribution in [2.75, 3.05) is 31.6 Å².